The van der Waals surface area contributed by atoms with E-state index in [2.05, 4.69) is 50.5 Å². The van der Waals surface area contributed by atoms with Gasteiger partial charge in [-0.15, -0.1) is 0 Å². The van der Waals surface area contributed by atoms with E-state index in [1.54, 1.807) is 0 Å². The Labute approximate surface area is 106 Å². The van der Waals surface area contributed by atoms with Gasteiger partial charge in [-0.05, 0) is 29.9 Å². The average Bonchev–Trinajstić information content (AvgIpc) is 2.33. The van der Waals surface area contributed by atoms with Crippen LogP contribution in [0, 0.1) is 5.92 Å². The molecule has 2 heteroatoms. The molecule has 2 unspecified atom stereocenters. The lowest BCUT2D eigenvalue weighted by molar-refractivity contribution is 0.368. The second-order valence-corrected chi connectivity index (χ2v) is 4.90. The maximum absolute atomic E-state index is 5.68. The molecule has 0 fully saturated rings. The fourth-order valence-corrected chi connectivity index (χ4v) is 2.39. The van der Waals surface area contributed by atoms with Crippen LogP contribution < -0.4 is 11.3 Å². The summed E-state index contributed by atoms with van der Waals surface area (Å²) in [7, 11) is 0. The summed E-state index contributed by atoms with van der Waals surface area (Å²) in [5, 5.41) is 0. The van der Waals surface area contributed by atoms with Crippen LogP contribution >= 0.6 is 0 Å². The number of nitrogens with one attached hydrogen (secondary N) is 1. The van der Waals surface area contributed by atoms with Crippen LogP contribution in [0.5, 0.6) is 0 Å². The van der Waals surface area contributed by atoms with E-state index in [4.69, 9.17) is 5.84 Å². The number of hydrogen-bond donors (Lipinski definition) is 2. The topological polar surface area (TPSA) is 38.0 Å². The van der Waals surface area contributed by atoms with Crippen molar-refractivity contribution in [3.05, 3.63) is 35.4 Å². The molecule has 1 rings (SSSR count). The van der Waals surface area contributed by atoms with Gasteiger partial charge >= 0.3 is 0 Å². The third kappa shape index (κ3) is 4.14. The highest BCUT2D eigenvalue weighted by Crippen LogP contribution is 2.25. The molecule has 0 bridgehead atoms. The maximum atomic E-state index is 5.68. The highest BCUT2D eigenvalue weighted by atomic mass is 15.2. The molecule has 0 heterocycles. The minimum atomic E-state index is 0.269. The van der Waals surface area contributed by atoms with Crippen LogP contribution in [0.25, 0.3) is 0 Å². The molecule has 0 saturated heterocycles. The lowest BCUT2D eigenvalue weighted by Crippen LogP contribution is -2.32. The lowest BCUT2D eigenvalue weighted by Gasteiger charge is -2.23. The Kier molecular flexibility index (Phi) is 6.23. The normalized spacial score (nSPS) is 14.6. The highest BCUT2D eigenvalue weighted by molar-refractivity contribution is 5.25. The van der Waals surface area contributed by atoms with Crippen molar-refractivity contribution in [1.82, 2.24) is 5.43 Å². The summed E-state index contributed by atoms with van der Waals surface area (Å²) in [5.74, 6) is 6.25. The van der Waals surface area contributed by atoms with Crippen LogP contribution in [-0.4, -0.2) is 0 Å². The molecule has 0 aliphatic rings. The van der Waals surface area contributed by atoms with Gasteiger partial charge in [0.2, 0.25) is 0 Å². The lowest BCUT2D eigenvalue weighted by atomic mass is 9.91. The summed E-state index contributed by atoms with van der Waals surface area (Å²) in [6, 6.07) is 9.14. The van der Waals surface area contributed by atoms with Crippen molar-refractivity contribution in [1.29, 1.82) is 0 Å². The number of rotatable bonds is 7. The molecule has 17 heavy (non-hydrogen) atoms. The Bertz CT molecular complexity index is 305. The van der Waals surface area contributed by atoms with E-state index in [0.29, 0.717) is 5.92 Å². The smallest absolute Gasteiger partial charge is 0.0485 e. The molecule has 0 saturated carbocycles. The number of nitrogens with two attached hydrogens (primary N) is 1. The van der Waals surface area contributed by atoms with E-state index >= 15 is 0 Å². The molecule has 0 aliphatic heterocycles. The predicted molar refractivity (Wildman–Crippen MR) is 74.6 cm³/mol. The Morgan fingerprint density at radius 1 is 1.12 bits per heavy atom. The summed E-state index contributed by atoms with van der Waals surface area (Å²) in [5.41, 5.74) is 5.67. The molecular weight excluding hydrogens is 208 g/mol. The zero-order valence-corrected chi connectivity index (χ0v) is 11.4. The number of hydrazine groups is 1. The zero-order valence-electron chi connectivity index (χ0n) is 11.4. The molecule has 1 aromatic rings. The Hall–Kier alpha value is -0.860. The maximum Gasteiger partial charge on any atom is 0.0485 e. The Balaban J connectivity index is 2.74. The zero-order chi connectivity index (χ0) is 12.7. The summed E-state index contributed by atoms with van der Waals surface area (Å²) in [4.78, 5) is 0. The fraction of sp³-hybridized carbons (Fsp3) is 0.600. The number of benzene rings is 1. The molecule has 2 nitrogen and oxygen atoms in total. The van der Waals surface area contributed by atoms with E-state index in [0.717, 1.165) is 6.42 Å². The van der Waals surface area contributed by atoms with E-state index in [9.17, 15) is 0 Å². The number of aryl methyl sites for hydroxylation is 1. The van der Waals surface area contributed by atoms with Gasteiger partial charge < -0.3 is 0 Å². The molecule has 0 spiro atoms. The van der Waals surface area contributed by atoms with Crippen LogP contribution in [0.2, 0.25) is 0 Å². The van der Waals surface area contributed by atoms with Gasteiger partial charge in [0.25, 0.3) is 0 Å². The summed E-state index contributed by atoms with van der Waals surface area (Å²) >= 11 is 0. The molecule has 3 N–H and O–H groups in total. The van der Waals surface area contributed by atoms with Crippen molar-refractivity contribution in [3.8, 4) is 0 Å². The average molecular weight is 234 g/mol. The highest BCUT2D eigenvalue weighted by Gasteiger charge is 2.16. The number of hydrogen-bond acceptors (Lipinski definition) is 2. The summed E-state index contributed by atoms with van der Waals surface area (Å²) in [6.45, 7) is 6.68. The second-order valence-electron chi connectivity index (χ2n) is 4.90. The molecule has 0 aliphatic carbocycles. The van der Waals surface area contributed by atoms with Crippen molar-refractivity contribution in [2.75, 3.05) is 0 Å². The Morgan fingerprint density at radius 3 is 2.24 bits per heavy atom. The van der Waals surface area contributed by atoms with Crippen molar-refractivity contribution >= 4 is 0 Å². The van der Waals surface area contributed by atoms with Gasteiger partial charge in [0, 0.05) is 6.04 Å². The monoisotopic (exact) mass is 234 g/mol. The van der Waals surface area contributed by atoms with Crippen molar-refractivity contribution in [3.63, 3.8) is 0 Å². The van der Waals surface area contributed by atoms with Crippen molar-refractivity contribution in [2.24, 2.45) is 11.8 Å². The van der Waals surface area contributed by atoms with Gasteiger partial charge in [-0.1, -0.05) is 57.9 Å². The summed E-state index contributed by atoms with van der Waals surface area (Å²) in [6.07, 6.45) is 4.76. The Morgan fingerprint density at radius 2 is 1.76 bits per heavy atom. The predicted octanol–water partition coefficient (Wildman–Crippen LogP) is 3.58. The van der Waals surface area contributed by atoms with Crippen LogP contribution in [0.15, 0.2) is 24.3 Å². The quantitative estimate of drug-likeness (QED) is 0.559. The molecule has 0 amide bonds. The molecule has 0 aromatic heterocycles. The van der Waals surface area contributed by atoms with Gasteiger partial charge in [0.1, 0.15) is 0 Å². The first-order chi connectivity index (χ1) is 8.22. The third-order valence-electron chi connectivity index (χ3n) is 3.37. The van der Waals surface area contributed by atoms with Crippen LogP contribution in [0.3, 0.4) is 0 Å². The SMILES string of the molecule is CCCc1ccc(C(NN)C(C)CCC)cc1. The first kappa shape index (κ1) is 14.2. The largest absolute Gasteiger partial charge is 0.271 e. The molecule has 1 aromatic carbocycles. The standard InChI is InChI=1S/C15H26N2/c1-4-6-12(3)15(17-16)14-10-8-13(7-5-2)9-11-14/h8-12,15,17H,4-7,16H2,1-3H3. The van der Waals surface area contributed by atoms with Crippen LogP contribution in [0.4, 0.5) is 0 Å². The summed E-state index contributed by atoms with van der Waals surface area (Å²) < 4.78 is 0. The fourth-order valence-electron chi connectivity index (χ4n) is 2.39. The van der Waals surface area contributed by atoms with Gasteiger partial charge in [-0.3, -0.25) is 11.3 Å². The van der Waals surface area contributed by atoms with Crippen LogP contribution in [-0.2, 0) is 6.42 Å². The van der Waals surface area contributed by atoms with E-state index in [1.807, 2.05) is 0 Å². The molecule has 0 radical (unpaired) electrons. The van der Waals surface area contributed by atoms with Gasteiger partial charge in [0.15, 0.2) is 0 Å². The van der Waals surface area contributed by atoms with E-state index in [1.165, 1.54) is 30.4 Å². The van der Waals surface area contributed by atoms with Crippen molar-refractivity contribution in [2.45, 2.75) is 52.5 Å². The molecular formula is C15H26N2. The van der Waals surface area contributed by atoms with Gasteiger partial charge in [0.05, 0.1) is 0 Å². The van der Waals surface area contributed by atoms with E-state index in [-0.39, 0.29) is 6.04 Å². The van der Waals surface area contributed by atoms with Crippen molar-refractivity contribution < 1.29 is 0 Å². The first-order valence-corrected chi connectivity index (χ1v) is 6.77. The van der Waals surface area contributed by atoms with Gasteiger partial charge in [-0.25, -0.2) is 0 Å². The first-order valence-electron chi connectivity index (χ1n) is 6.77. The van der Waals surface area contributed by atoms with Gasteiger partial charge in [-0.2, -0.15) is 0 Å². The van der Waals surface area contributed by atoms with E-state index < -0.39 is 0 Å². The molecule has 2 atom stereocenters. The third-order valence-corrected chi connectivity index (χ3v) is 3.37. The minimum absolute atomic E-state index is 0.269. The second kappa shape index (κ2) is 7.46. The van der Waals surface area contributed by atoms with Crippen LogP contribution in [0.1, 0.15) is 57.2 Å². The minimum Gasteiger partial charge on any atom is -0.271 e. The molecule has 96 valence electrons.